The Balaban J connectivity index is 2.23. The third kappa shape index (κ3) is 4.62. The van der Waals surface area contributed by atoms with Crippen LogP contribution in [0.25, 0.3) is 28.3 Å². The van der Waals surface area contributed by atoms with E-state index < -0.39 is 5.91 Å². The van der Waals surface area contributed by atoms with Crippen LogP contribution >= 0.6 is 0 Å². The highest BCUT2D eigenvalue weighted by molar-refractivity contribution is 6.05. The highest BCUT2D eigenvalue weighted by atomic mass is 16.3. The van der Waals surface area contributed by atoms with Gasteiger partial charge >= 0.3 is 0 Å². The molecular weight excluding hydrogens is 366 g/mol. The maximum absolute atomic E-state index is 12.3. The average Bonchev–Trinajstić information content (AvgIpc) is 2.69. The molecule has 3 aromatic rings. The maximum atomic E-state index is 12.3. The van der Waals surface area contributed by atoms with Crippen molar-refractivity contribution >= 4 is 17.9 Å². The zero-order chi connectivity index (χ0) is 21.0. The van der Waals surface area contributed by atoms with Crippen molar-refractivity contribution in [3.8, 4) is 33.8 Å². The van der Waals surface area contributed by atoms with Gasteiger partial charge in [0.2, 0.25) is 0 Å². The lowest BCUT2D eigenvalue weighted by Crippen LogP contribution is -2.24. The maximum Gasteiger partial charge on any atom is 0.275 e. The summed E-state index contributed by atoms with van der Waals surface area (Å²) in [4.78, 5) is 15.9. The summed E-state index contributed by atoms with van der Waals surface area (Å²) in [5.41, 5.74) is 15.3. The quantitative estimate of drug-likeness (QED) is 0.309. The van der Waals surface area contributed by atoms with Crippen molar-refractivity contribution in [2.45, 2.75) is 6.92 Å². The first-order valence-corrected chi connectivity index (χ1v) is 8.89. The van der Waals surface area contributed by atoms with Gasteiger partial charge in [0.25, 0.3) is 5.91 Å². The molecule has 29 heavy (non-hydrogen) atoms. The van der Waals surface area contributed by atoms with Gasteiger partial charge in [-0.05, 0) is 65.1 Å². The van der Waals surface area contributed by atoms with E-state index in [2.05, 4.69) is 4.99 Å². The highest BCUT2D eigenvalue weighted by Crippen LogP contribution is 2.35. The minimum Gasteiger partial charge on any atom is -0.508 e. The molecule has 0 aliphatic rings. The first-order chi connectivity index (χ1) is 13.8. The predicted octanol–water partition coefficient (Wildman–Crippen LogP) is 3.64. The molecule has 0 saturated carbocycles. The van der Waals surface area contributed by atoms with E-state index in [1.165, 1.54) is 0 Å². The molecule has 6 heteroatoms. The molecule has 0 aliphatic heterocycles. The molecule has 3 aromatic carbocycles. The zero-order valence-corrected chi connectivity index (χ0v) is 15.8. The van der Waals surface area contributed by atoms with E-state index in [0.29, 0.717) is 5.57 Å². The number of aliphatic imine (C=N–C) groups is 1. The normalized spacial score (nSPS) is 11.1. The molecule has 0 bridgehead atoms. The van der Waals surface area contributed by atoms with Gasteiger partial charge < -0.3 is 21.7 Å². The molecule has 0 atom stereocenters. The average molecular weight is 387 g/mol. The summed E-state index contributed by atoms with van der Waals surface area (Å²) >= 11 is 0. The van der Waals surface area contributed by atoms with E-state index in [0.717, 1.165) is 27.8 Å². The number of carbonyl (C=O) groups is 1. The molecule has 1 amide bonds. The summed E-state index contributed by atoms with van der Waals surface area (Å²) < 4.78 is 0. The molecule has 0 fully saturated rings. The minimum absolute atomic E-state index is 0.166. The predicted molar refractivity (Wildman–Crippen MR) is 115 cm³/mol. The Hall–Kier alpha value is -4.06. The Morgan fingerprint density at radius 1 is 0.828 bits per heavy atom. The lowest BCUT2D eigenvalue weighted by atomic mass is 9.90. The van der Waals surface area contributed by atoms with Crippen molar-refractivity contribution in [2.75, 3.05) is 0 Å². The van der Waals surface area contributed by atoms with Gasteiger partial charge in [-0.2, -0.15) is 4.99 Å². The fourth-order valence-electron chi connectivity index (χ4n) is 2.99. The van der Waals surface area contributed by atoms with E-state index in [-0.39, 0.29) is 17.5 Å². The summed E-state index contributed by atoms with van der Waals surface area (Å²) in [5, 5.41) is 19.2. The topological polar surface area (TPSA) is 122 Å². The Labute approximate surface area is 168 Å². The van der Waals surface area contributed by atoms with Crippen molar-refractivity contribution in [3.63, 3.8) is 0 Å². The van der Waals surface area contributed by atoms with Gasteiger partial charge in [0, 0.05) is 5.57 Å². The summed E-state index contributed by atoms with van der Waals surface area (Å²) in [6, 6.07) is 19.4. The molecule has 6 N–H and O–H groups in total. The second-order valence-corrected chi connectivity index (χ2v) is 6.53. The molecule has 3 rings (SSSR count). The number of nitrogens with zero attached hydrogens (tertiary/aromatic N) is 1. The van der Waals surface area contributed by atoms with Crippen LogP contribution in [-0.2, 0) is 4.79 Å². The number of aromatic hydroxyl groups is 2. The lowest BCUT2D eigenvalue weighted by Gasteiger charge is -2.14. The van der Waals surface area contributed by atoms with E-state index in [1.807, 2.05) is 18.2 Å². The van der Waals surface area contributed by atoms with Gasteiger partial charge in [-0.3, -0.25) is 4.79 Å². The fourth-order valence-corrected chi connectivity index (χ4v) is 2.99. The van der Waals surface area contributed by atoms with Gasteiger partial charge in [-0.1, -0.05) is 42.5 Å². The van der Waals surface area contributed by atoms with Crippen LogP contribution in [0.2, 0.25) is 0 Å². The van der Waals surface area contributed by atoms with Crippen molar-refractivity contribution in [2.24, 2.45) is 16.5 Å². The minimum atomic E-state index is -0.526. The van der Waals surface area contributed by atoms with Gasteiger partial charge in [-0.25, -0.2) is 0 Å². The second-order valence-electron chi connectivity index (χ2n) is 6.53. The molecule has 0 unspecified atom stereocenters. The lowest BCUT2D eigenvalue weighted by molar-refractivity contribution is -0.114. The summed E-state index contributed by atoms with van der Waals surface area (Å²) in [5.74, 6) is -0.491. The van der Waals surface area contributed by atoms with E-state index in [4.69, 9.17) is 11.5 Å². The number of amides is 1. The first kappa shape index (κ1) is 19.7. The highest BCUT2D eigenvalue weighted by Gasteiger charge is 2.13. The number of hydrogen-bond acceptors (Lipinski definition) is 3. The summed E-state index contributed by atoms with van der Waals surface area (Å²) in [6.07, 6.45) is 1.74. The van der Waals surface area contributed by atoms with E-state index in [1.54, 1.807) is 61.5 Å². The Bertz CT molecular complexity index is 1030. The molecule has 6 nitrogen and oxygen atoms in total. The van der Waals surface area contributed by atoms with E-state index >= 15 is 0 Å². The largest absolute Gasteiger partial charge is 0.508 e. The molecule has 0 aliphatic carbocycles. The van der Waals surface area contributed by atoms with Gasteiger partial charge in [-0.15, -0.1) is 0 Å². The van der Waals surface area contributed by atoms with Crippen LogP contribution in [0.15, 0.2) is 77.3 Å². The molecule has 0 heterocycles. The zero-order valence-electron chi connectivity index (χ0n) is 15.8. The van der Waals surface area contributed by atoms with Crippen molar-refractivity contribution in [3.05, 3.63) is 77.9 Å². The van der Waals surface area contributed by atoms with Crippen molar-refractivity contribution in [1.82, 2.24) is 0 Å². The van der Waals surface area contributed by atoms with Crippen molar-refractivity contribution in [1.29, 1.82) is 0 Å². The van der Waals surface area contributed by atoms with Crippen LogP contribution in [0.5, 0.6) is 11.5 Å². The smallest absolute Gasteiger partial charge is 0.275 e. The standard InChI is InChI=1S/C23H21N3O3/c1-14(22(29)26-23(24)25)13-21-19(15-5-9-17(27)10-6-15)3-2-4-20(21)16-7-11-18(28)12-8-16/h2-13,27-28H,1H3,(H4,24,25,26,29). The van der Waals surface area contributed by atoms with Gasteiger partial charge in [0.05, 0.1) is 0 Å². The number of nitrogens with two attached hydrogens (primary N) is 2. The van der Waals surface area contributed by atoms with Crippen LogP contribution in [0.3, 0.4) is 0 Å². The van der Waals surface area contributed by atoms with Crippen LogP contribution in [-0.4, -0.2) is 22.1 Å². The summed E-state index contributed by atoms with van der Waals surface area (Å²) in [7, 11) is 0. The van der Waals surface area contributed by atoms with Crippen LogP contribution in [0, 0.1) is 0 Å². The Morgan fingerprint density at radius 3 is 1.69 bits per heavy atom. The third-order valence-corrected chi connectivity index (χ3v) is 4.39. The molecule has 146 valence electrons. The molecule has 0 radical (unpaired) electrons. The summed E-state index contributed by atoms with van der Waals surface area (Å²) in [6.45, 7) is 1.64. The SMILES string of the molecule is CC(=Cc1c(-c2ccc(O)cc2)cccc1-c1ccc(O)cc1)C(=O)N=C(N)N. The number of hydrogen-bond donors (Lipinski definition) is 4. The van der Waals surface area contributed by atoms with E-state index in [9.17, 15) is 15.0 Å². The molecule has 0 saturated heterocycles. The number of benzene rings is 3. The number of carbonyl (C=O) groups excluding carboxylic acids is 1. The number of guanidine groups is 1. The Kier molecular flexibility index (Phi) is 5.64. The molecule has 0 spiro atoms. The van der Waals surface area contributed by atoms with Crippen LogP contribution in [0.1, 0.15) is 12.5 Å². The first-order valence-electron chi connectivity index (χ1n) is 8.89. The van der Waals surface area contributed by atoms with Gasteiger partial charge in [0.1, 0.15) is 11.5 Å². The Morgan fingerprint density at radius 2 is 1.28 bits per heavy atom. The molecular formula is C23H21N3O3. The molecule has 0 aromatic heterocycles. The van der Waals surface area contributed by atoms with Crippen LogP contribution < -0.4 is 11.5 Å². The third-order valence-electron chi connectivity index (χ3n) is 4.39. The van der Waals surface area contributed by atoms with Crippen LogP contribution in [0.4, 0.5) is 0 Å². The van der Waals surface area contributed by atoms with Gasteiger partial charge in [0.15, 0.2) is 5.96 Å². The fraction of sp³-hybridized carbons (Fsp3) is 0.0435. The monoisotopic (exact) mass is 387 g/mol. The number of phenolic OH excluding ortho intramolecular Hbond substituents is 2. The number of rotatable bonds is 4. The number of phenols is 2. The van der Waals surface area contributed by atoms with Crippen molar-refractivity contribution < 1.29 is 15.0 Å². The second kappa shape index (κ2) is 8.31.